The summed E-state index contributed by atoms with van der Waals surface area (Å²) >= 11 is 0. The predicted molar refractivity (Wildman–Crippen MR) is 162 cm³/mol. The summed E-state index contributed by atoms with van der Waals surface area (Å²) in [7, 11) is 2.11. The minimum absolute atomic E-state index is 0.104. The molecular weight excluding hydrogens is 534 g/mol. The fourth-order valence-corrected chi connectivity index (χ4v) is 5.16. The summed E-state index contributed by atoms with van der Waals surface area (Å²) in [5, 5.41) is 13.7. The number of aromatic nitrogens is 6. The molecule has 2 N–H and O–H groups in total. The van der Waals surface area contributed by atoms with E-state index in [0.29, 0.717) is 28.4 Å². The Kier molecular flexibility index (Phi) is 7.38. The van der Waals surface area contributed by atoms with Crippen LogP contribution in [-0.2, 0) is 13.2 Å². The largest absolute Gasteiger partial charge is 0.392 e. The van der Waals surface area contributed by atoms with Gasteiger partial charge < -0.3 is 20.2 Å². The van der Waals surface area contributed by atoms with Crippen molar-refractivity contribution in [2.75, 3.05) is 43.4 Å². The maximum absolute atomic E-state index is 13.4. The number of hydrogen-bond donors (Lipinski definition) is 2. The molecule has 1 saturated heterocycles. The number of pyridine rings is 2. The van der Waals surface area contributed by atoms with Gasteiger partial charge in [0.2, 0.25) is 5.95 Å². The Balaban J connectivity index is 1.39. The third-order valence-electron chi connectivity index (χ3n) is 7.33. The zero-order valence-corrected chi connectivity index (χ0v) is 23.2. The first-order chi connectivity index (χ1) is 20.5. The lowest BCUT2D eigenvalue weighted by molar-refractivity contribution is 0.280. The van der Waals surface area contributed by atoms with E-state index in [1.807, 2.05) is 18.2 Å². The van der Waals surface area contributed by atoms with Gasteiger partial charge in [0.25, 0.3) is 11.1 Å². The number of rotatable bonds is 8. The lowest BCUT2D eigenvalue weighted by atomic mass is 10.1. The Morgan fingerprint density at radius 1 is 1.00 bits per heavy atom. The van der Waals surface area contributed by atoms with E-state index in [1.165, 1.54) is 21.5 Å². The molecule has 0 unspecified atom stereocenters. The second kappa shape index (κ2) is 11.4. The smallest absolute Gasteiger partial charge is 0.278 e. The second-order valence-corrected chi connectivity index (χ2v) is 10.1. The van der Waals surface area contributed by atoms with Crippen molar-refractivity contribution in [3.05, 3.63) is 106 Å². The minimum Gasteiger partial charge on any atom is -0.392 e. The van der Waals surface area contributed by atoms with Crippen LogP contribution < -0.4 is 21.3 Å². The Hall–Kier alpha value is -5.07. The summed E-state index contributed by atoms with van der Waals surface area (Å²) in [6, 6.07) is 15.9. The van der Waals surface area contributed by atoms with Crippen LogP contribution in [0.4, 0.5) is 17.3 Å². The molecule has 42 heavy (non-hydrogen) atoms. The van der Waals surface area contributed by atoms with E-state index in [9.17, 15) is 14.7 Å². The molecule has 0 spiro atoms. The zero-order chi connectivity index (χ0) is 29.2. The molecule has 12 nitrogen and oxygen atoms in total. The molecule has 5 aromatic rings. The maximum Gasteiger partial charge on any atom is 0.278 e. The van der Waals surface area contributed by atoms with Gasteiger partial charge in [0.1, 0.15) is 11.2 Å². The molecule has 5 heterocycles. The summed E-state index contributed by atoms with van der Waals surface area (Å²) in [5.41, 5.74) is 2.35. The Morgan fingerprint density at radius 2 is 1.81 bits per heavy atom. The summed E-state index contributed by atoms with van der Waals surface area (Å²) in [6.45, 7) is 7.62. The zero-order valence-electron chi connectivity index (χ0n) is 23.2. The monoisotopic (exact) mass is 565 g/mol. The van der Waals surface area contributed by atoms with Crippen LogP contribution in [0.2, 0.25) is 0 Å². The summed E-state index contributed by atoms with van der Waals surface area (Å²) in [6.07, 6.45) is 4.74. The van der Waals surface area contributed by atoms with Crippen molar-refractivity contribution in [3.63, 3.8) is 0 Å². The molecule has 0 saturated carbocycles. The quantitative estimate of drug-likeness (QED) is 0.273. The van der Waals surface area contributed by atoms with Gasteiger partial charge in [-0.2, -0.15) is 4.98 Å². The second-order valence-electron chi connectivity index (χ2n) is 10.1. The number of benzene rings is 1. The predicted octanol–water partition coefficient (Wildman–Crippen LogP) is 2.30. The van der Waals surface area contributed by atoms with Crippen LogP contribution in [0.3, 0.4) is 0 Å². The van der Waals surface area contributed by atoms with Crippen LogP contribution in [0.5, 0.6) is 0 Å². The SMILES string of the molecule is C=CCn1c(=O)c2cnc(Nc3ccc(N4CCN(C)CC4)c(CO)c3)nc2n1-c1cccc(-n2ccccc2=O)n1. The first-order valence-electron chi connectivity index (χ1n) is 13.7. The first kappa shape index (κ1) is 27.1. The van der Waals surface area contributed by atoms with Gasteiger partial charge in [0.05, 0.1) is 13.2 Å². The molecule has 0 atom stereocenters. The molecule has 4 aromatic heterocycles. The summed E-state index contributed by atoms with van der Waals surface area (Å²) < 4.78 is 4.52. The van der Waals surface area contributed by atoms with Crippen molar-refractivity contribution in [2.24, 2.45) is 0 Å². The van der Waals surface area contributed by atoms with Gasteiger partial charge in [-0.15, -0.1) is 6.58 Å². The van der Waals surface area contributed by atoms with Crippen molar-refractivity contribution in [1.82, 2.24) is 33.8 Å². The van der Waals surface area contributed by atoms with Crippen molar-refractivity contribution in [3.8, 4) is 11.6 Å². The van der Waals surface area contributed by atoms with E-state index in [0.717, 1.165) is 37.4 Å². The minimum atomic E-state index is -0.292. The maximum atomic E-state index is 13.4. The van der Waals surface area contributed by atoms with Gasteiger partial charge in [-0.3, -0.25) is 14.2 Å². The Labute approximate surface area is 241 Å². The van der Waals surface area contributed by atoms with Gasteiger partial charge in [-0.25, -0.2) is 19.3 Å². The topological polar surface area (TPSA) is 126 Å². The standard InChI is InChI=1S/C30H31N9O3/c1-3-12-38-29(42)23-19-31-30(32-22-10-11-24(21(18-22)20-40)36-16-14-35(2)15-17-36)34-28(23)39(38)26-8-6-7-25(33-26)37-13-5-4-9-27(37)41/h3-11,13,18-19,40H,1,12,14-17,20H2,2H3,(H,31,32,34). The molecular formula is C30H31N9O3. The highest BCUT2D eigenvalue weighted by molar-refractivity contribution is 5.77. The number of hydrogen-bond acceptors (Lipinski definition) is 9. The molecule has 1 aliphatic rings. The van der Waals surface area contributed by atoms with Gasteiger partial charge in [0, 0.05) is 61.6 Å². The average Bonchev–Trinajstić information content (AvgIpc) is 3.28. The average molecular weight is 566 g/mol. The number of nitrogens with zero attached hydrogens (tertiary/aromatic N) is 8. The van der Waals surface area contributed by atoms with E-state index >= 15 is 0 Å². The molecule has 0 amide bonds. The molecule has 214 valence electrons. The van der Waals surface area contributed by atoms with Gasteiger partial charge in [-0.05, 0) is 43.4 Å². The molecule has 0 radical (unpaired) electrons. The van der Waals surface area contributed by atoms with E-state index in [1.54, 1.807) is 47.3 Å². The van der Waals surface area contributed by atoms with Crippen LogP contribution in [0, 0.1) is 0 Å². The number of aliphatic hydroxyl groups excluding tert-OH is 1. The van der Waals surface area contributed by atoms with Crippen LogP contribution in [-0.4, -0.2) is 72.1 Å². The summed E-state index contributed by atoms with van der Waals surface area (Å²) in [5.74, 6) is 1.08. The highest BCUT2D eigenvalue weighted by Gasteiger charge is 2.20. The normalized spacial score (nSPS) is 13.9. The molecule has 6 rings (SSSR count). The third kappa shape index (κ3) is 5.08. The van der Waals surface area contributed by atoms with E-state index in [4.69, 9.17) is 9.97 Å². The molecule has 0 aliphatic carbocycles. The lowest BCUT2D eigenvalue weighted by Gasteiger charge is -2.35. The van der Waals surface area contributed by atoms with Crippen molar-refractivity contribution in [1.29, 1.82) is 0 Å². The number of aliphatic hydroxyl groups is 1. The van der Waals surface area contributed by atoms with E-state index in [2.05, 4.69) is 33.7 Å². The number of fused-ring (bicyclic) bond motifs is 1. The van der Waals surface area contributed by atoms with Crippen LogP contribution in [0.1, 0.15) is 5.56 Å². The number of likely N-dealkylation sites (N-methyl/N-ethyl adjacent to an activating group) is 1. The fourth-order valence-electron chi connectivity index (χ4n) is 5.16. The van der Waals surface area contributed by atoms with Crippen LogP contribution in [0.15, 0.2) is 89.2 Å². The number of anilines is 3. The highest BCUT2D eigenvalue weighted by atomic mass is 16.3. The third-order valence-corrected chi connectivity index (χ3v) is 7.33. The molecule has 1 aliphatic heterocycles. The van der Waals surface area contributed by atoms with Gasteiger partial charge in [0.15, 0.2) is 11.5 Å². The lowest BCUT2D eigenvalue weighted by Crippen LogP contribution is -2.44. The number of piperazine rings is 1. The number of nitrogens with one attached hydrogen (secondary N) is 1. The highest BCUT2D eigenvalue weighted by Crippen LogP contribution is 2.27. The molecule has 1 fully saturated rings. The van der Waals surface area contributed by atoms with E-state index in [-0.39, 0.29) is 30.2 Å². The molecule has 12 heteroatoms. The number of allylic oxidation sites excluding steroid dienone is 1. The van der Waals surface area contributed by atoms with Crippen molar-refractivity contribution >= 4 is 28.4 Å². The van der Waals surface area contributed by atoms with Crippen molar-refractivity contribution in [2.45, 2.75) is 13.2 Å². The fraction of sp³-hybridized carbons (Fsp3) is 0.233. The van der Waals surface area contributed by atoms with Crippen LogP contribution >= 0.6 is 0 Å². The summed E-state index contributed by atoms with van der Waals surface area (Å²) in [4.78, 5) is 44.2. The Bertz CT molecular complexity index is 1880. The van der Waals surface area contributed by atoms with Crippen molar-refractivity contribution < 1.29 is 5.11 Å². The molecule has 1 aromatic carbocycles. The van der Waals surface area contributed by atoms with Gasteiger partial charge >= 0.3 is 0 Å². The van der Waals surface area contributed by atoms with E-state index < -0.39 is 0 Å². The van der Waals surface area contributed by atoms with Gasteiger partial charge in [-0.1, -0.05) is 18.2 Å². The van der Waals surface area contributed by atoms with Crippen LogP contribution in [0.25, 0.3) is 22.7 Å². The first-order valence-corrected chi connectivity index (χ1v) is 13.7. The molecule has 0 bridgehead atoms. The Morgan fingerprint density at radius 3 is 2.57 bits per heavy atom.